The maximum absolute atomic E-state index is 9.41. The minimum Gasteiger partial charge on any atom is -0.394 e. The van der Waals surface area contributed by atoms with E-state index in [4.69, 9.17) is 15.2 Å². The third-order valence-corrected chi connectivity index (χ3v) is 3.49. The van der Waals surface area contributed by atoms with Gasteiger partial charge in [0.15, 0.2) is 11.5 Å². The number of hydrogen-bond donors (Lipinski definition) is 2. The van der Waals surface area contributed by atoms with Gasteiger partial charge < -0.3 is 20.3 Å². The van der Waals surface area contributed by atoms with Gasteiger partial charge in [0.1, 0.15) is 24.2 Å². The second-order valence-electron chi connectivity index (χ2n) is 4.79. The number of nitrogen functional groups attached to an aromatic ring is 1. The Morgan fingerprint density at radius 1 is 1.52 bits per heavy atom. The van der Waals surface area contributed by atoms with E-state index in [2.05, 4.69) is 21.5 Å². The summed E-state index contributed by atoms with van der Waals surface area (Å²) in [6, 6.07) is 0. The van der Waals surface area contributed by atoms with Crippen molar-refractivity contribution in [2.45, 2.75) is 24.9 Å². The lowest BCUT2D eigenvalue weighted by molar-refractivity contribution is -0.0561. The van der Waals surface area contributed by atoms with Gasteiger partial charge >= 0.3 is 0 Å². The normalized spacial score (nSPS) is 25.5. The molecule has 0 aromatic carbocycles. The molecule has 8 heteroatoms. The summed E-state index contributed by atoms with van der Waals surface area (Å²) in [5.74, 6) is 0.329. The summed E-state index contributed by atoms with van der Waals surface area (Å²) in [7, 11) is 0. The monoisotopic (exact) mass is 291 g/mol. The Labute approximate surface area is 121 Å². The molecule has 1 saturated heterocycles. The molecule has 3 rings (SSSR count). The van der Waals surface area contributed by atoms with Crippen molar-refractivity contribution >= 4 is 17.0 Å². The van der Waals surface area contributed by atoms with Crippen LogP contribution in [0.4, 0.5) is 5.82 Å². The van der Waals surface area contributed by atoms with E-state index < -0.39 is 0 Å². The van der Waals surface area contributed by atoms with Gasteiger partial charge in [-0.2, -0.15) is 0 Å². The van der Waals surface area contributed by atoms with Crippen molar-refractivity contribution in [3.05, 3.63) is 25.3 Å². The third-order valence-electron chi connectivity index (χ3n) is 3.49. The van der Waals surface area contributed by atoms with Gasteiger partial charge in [0.05, 0.1) is 25.6 Å². The van der Waals surface area contributed by atoms with Gasteiger partial charge in [-0.1, -0.05) is 6.08 Å². The molecule has 1 fully saturated rings. The van der Waals surface area contributed by atoms with Crippen LogP contribution in [-0.4, -0.2) is 50.0 Å². The predicted octanol–water partition coefficient (Wildman–Crippen LogP) is 0.260. The Balaban J connectivity index is 1.86. The Bertz CT molecular complexity index is 644. The third kappa shape index (κ3) is 2.48. The van der Waals surface area contributed by atoms with E-state index in [1.807, 2.05) is 0 Å². The molecular weight excluding hydrogens is 274 g/mol. The molecule has 2 aromatic heterocycles. The van der Waals surface area contributed by atoms with Gasteiger partial charge in [0.2, 0.25) is 0 Å². The van der Waals surface area contributed by atoms with Crippen LogP contribution < -0.4 is 5.73 Å². The fourth-order valence-corrected chi connectivity index (χ4v) is 2.48. The van der Waals surface area contributed by atoms with Gasteiger partial charge in [-0.25, -0.2) is 15.0 Å². The smallest absolute Gasteiger partial charge is 0.167 e. The van der Waals surface area contributed by atoms with Crippen LogP contribution in [-0.2, 0) is 9.47 Å². The summed E-state index contributed by atoms with van der Waals surface area (Å²) in [6.45, 7) is 3.92. The second-order valence-corrected chi connectivity index (χ2v) is 4.79. The van der Waals surface area contributed by atoms with Crippen LogP contribution in [0, 0.1) is 0 Å². The number of aromatic nitrogens is 4. The van der Waals surface area contributed by atoms with Gasteiger partial charge in [-0.05, 0) is 0 Å². The predicted molar refractivity (Wildman–Crippen MR) is 75.3 cm³/mol. The van der Waals surface area contributed by atoms with Gasteiger partial charge in [0, 0.05) is 6.42 Å². The largest absolute Gasteiger partial charge is 0.394 e. The summed E-state index contributed by atoms with van der Waals surface area (Å²) in [4.78, 5) is 12.3. The molecule has 1 unspecified atom stereocenters. The van der Waals surface area contributed by atoms with E-state index in [-0.39, 0.29) is 25.0 Å². The lowest BCUT2D eigenvalue weighted by Crippen LogP contribution is -2.27. The molecule has 3 atom stereocenters. The second kappa shape index (κ2) is 5.76. The van der Waals surface area contributed by atoms with Crippen LogP contribution >= 0.6 is 0 Å². The van der Waals surface area contributed by atoms with E-state index in [9.17, 15) is 5.11 Å². The molecule has 112 valence electrons. The molecule has 0 spiro atoms. The number of aliphatic hydroxyl groups is 1. The quantitative estimate of drug-likeness (QED) is 0.760. The first-order valence-corrected chi connectivity index (χ1v) is 6.66. The summed E-state index contributed by atoms with van der Waals surface area (Å²) >= 11 is 0. The van der Waals surface area contributed by atoms with Crippen molar-refractivity contribution in [1.82, 2.24) is 19.5 Å². The number of hydrogen-bond acceptors (Lipinski definition) is 7. The molecule has 3 N–H and O–H groups in total. The van der Waals surface area contributed by atoms with E-state index in [0.29, 0.717) is 30.0 Å². The summed E-state index contributed by atoms with van der Waals surface area (Å²) in [5.41, 5.74) is 6.92. The van der Waals surface area contributed by atoms with Crippen LogP contribution in [0.5, 0.6) is 0 Å². The molecule has 0 bridgehead atoms. The number of nitrogens with two attached hydrogens (primary N) is 1. The number of anilines is 1. The van der Waals surface area contributed by atoms with Crippen LogP contribution in [0.2, 0.25) is 0 Å². The average molecular weight is 291 g/mol. The molecule has 8 nitrogen and oxygen atoms in total. The minimum atomic E-state index is -0.383. The van der Waals surface area contributed by atoms with E-state index >= 15 is 0 Å². The highest BCUT2D eigenvalue weighted by Crippen LogP contribution is 2.32. The van der Waals surface area contributed by atoms with Crippen molar-refractivity contribution in [2.24, 2.45) is 0 Å². The number of imidazole rings is 1. The molecule has 2 aromatic rings. The molecule has 0 radical (unpaired) electrons. The van der Waals surface area contributed by atoms with Crippen molar-refractivity contribution in [1.29, 1.82) is 0 Å². The fourth-order valence-electron chi connectivity index (χ4n) is 2.48. The number of ether oxygens (including phenoxy) is 2. The Kier molecular flexibility index (Phi) is 3.82. The van der Waals surface area contributed by atoms with Crippen LogP contribution in [0.15, 0.2) is 25.3 Å². The molecule has 0 aliphatic carbocycles. The molecular formula is C13H17N5O3. The first-order chi connectivity index (χ1) is 10.2. The maximum atomic E-state index is 9.41. The SMILES string of the molecule is C=CCOC1C[C@H](n2cnc3c(N)ncnc32)O[C@@H]1CO. The minimum absolute atomic E-state index is 0.109. The first-order valence-electron chi connectivity index (χ1n) is 6.66. The zero-order valence-electron chi connectivity index (χ0n) is 11.4. The van der Waals surface area contributed by atoms with Gasteiger partial charge in [-0.15, -0.1) is 6.58 Å². The fraction of sp³-hybridized carbons (Fsp3) is 0.462. The number of fused-ring (bicyclic) bond motifs is 1. The van der Waals surface area contributed by atoms with E-state index in [1.165, 1.54) is 6.33 Å². The van der Waals surface area contributed by atoms with Crippen molar-refractivity contribution in [3.63, 3.8) is 0 Å². The van der Waals surface area contributed by atoms with Crippen LogP contribution in [0.1, 0.15) is 12.6 Å². The molecule has 1 aliphatic rings. The molecule has 21 heavy (non-hydrogen) atoms. The molecule has 1 aliphatic heterocycles. The Hall–Kier alpha value is -2.03. The lowest BCUT2D eigenvalue weighted by atomic mass is 10.2. The van der Waals surface area contributed by atoms with Gasteiger partial charge in [0.25, 0.3) is 0 Å². The van der Waals surface area contributed by atoms with Gasteiger partial charge in [-0.3, -0.25) is 4.57 Å². The standard InChI is InChI=1S/C13H17N5O3/c1-2-3-20-8-4-10(21-9(8)5-19)18-7-17-11-12(14)15-6-16-13(11)18/h2,6-10,19H,1,3-5H2,(H2,14,15,16)/t8?,9-,10-/m1/s1. The molecule has 3 heterocycles. The number of nitrogens with zero attached hydrogens (tertiary/aromatic N) is 4. The topological polar surface area (TPSA) is 108 Å². The highest BCUT2D eigenvalue weighted by Gasteiger charge is 2.37. The van der Waals surface area contributed by atoms with E-state index in [0.717, 1.165) is 0 Å². The Morgan fingerprint density at radius 2 is 2.38 bits per heavy atom. The number of aliphatic hydroxyl groups excluding tert-OH is 1. The van der Waals surface area contributed by atoms with Crippen molar-refractivity contribution < 1.29 is 14.6 Å². The average Bonchev–Trinajstić information content (AvgIpc) is 3.09. The zero-order valence-corrected chi connectivity index (χ0v) is 11.4. The first kappa shape index (κ1) is 13.9. The summed E-state index contributed by atoms with van der Waals surface area (Å²) < 4.78 is 13.2. The van der Waals surface area contributed by atoms with Crippen LogP contribution in [0.3, 0.4) is 0 Å². The lowest BCUT2D eigenvalue weighted by Gasteiger charge is -2.15. The Morgan fingerprint density at radius 3 is 3.14 bits per heavy atom. The molecule has 0 amide bonds. The number of rotatable bonds is 5. The maximum Gasteiger partial charge on any atom is 0.167 e. The summed E-state index contributed by atoms with van der Waals surface area (Å²) in [6.07, 6.45) is 4.37. The highest BCUT2D eigenvalue weighted by atomic mass is 16.6. The summed E-state index contributed by atoms with van der Waals surface area (Å²) in [5, 5.41) is 9.41. The highest BCUT2D eigenvalue weighted by molar-refractivity contribution is 5.81. The van der Waals surface area contributed by atoms with E-state index in [1.54, 1.807) is 17.0 Å². The van der Waals surface area contributed by atoms with Crippen molar-refractivity contribution in [3.8, 4) is 0 Å². The van der Waals surface area contributed by atoms with Crippen molar-refractivity contribution in [2.75, 3.05) is 18.9 Å². The van der Waals surface area contributed by atoms with Crippen LogP contribution in [0.25, 0.3) is 11.2 Å². The molecule has 0 saturated carbocycles. The zero-order chi connectivity index (χ0) is 14.8.